The molecule has 0 aliphatic rings. The highest BCUT2D eigenvalue weighted by Crippen LogP contribution is 2.34. The van der Waals surface area contributed by atoms with E-state index in [1.807, 2.05) is 0 Å². The molecule has 0 saturated carbocycles. The van der Waals surface area contributed by atoms with Crippen LogP contribution in [0.1, 0.15) is 28.3 Å². The molecule has 0 bridgehead atoms. The Kier molecular flexibility index (Phi) is 6.56. The van der Waals surface area contributed by atoms with Gasteiger partial charge < -0.3 is 5.32 Å². The maximum atomic E-state index is 13.5. The van der Waals surface area contributed by atoms with Crippen molar-refractivity contribution in [3.63, 3.8) is 0 Å². The average molecular weight is 400 g/mol. The molecule has 1 unspecified atom stereocenters. The molecule has 2 N–H and O–H groups in total. The molecule has 1 aromatic carbocycles. The third-order valence-electron chi connectivity index (χ3n) is 4.29. The molecule has 0 fully saturated rings. The molecular formula is C21H19F3N4O. The summed E-state index contributed by atoms with van der Waals surface area (Å²) in [6, 6.07) is 10.8. The molecule has 2 aromatic heterocycles. The van der Waals surface area contributed by atoms with Crippen LogP contribution in [0.5, 0.6) is 0 Å². The Balaban J connectivity index is 1.84. The number of alkyl halides is 3. The number of nitrogens with one attached hydrogen (secondary N) is 2. The molecule has 0 spiro atoms. The lowest BCUT2D eigenvalue weighted by atomic mass is 9.98. The lowest BCUT2D eigenvalue weighted by Gasteiger charge is -2.22. The van der Waals surface area contributed by atoms with Crippen molar-refractivity contribution in [1.29, 1.82) is 0 Å². The zero-order valence-corrected chi connectivity index (χ0v) is 15.4. The van der Waals surface area contributed by atoms with Gasteiger partial charge in [0.15, 0.2) is 0 Å². The van der Waals surface area contributed by atoms with Crippen molar-refractivity contribution in [3.05, 3.63) is 95.6 Å². The quantitative estimate of drug-likeness (QED) is 0.636. The van der Waals surface area contributed by atoms with Crippen LogP contribution in [0.2, 0.25) is 0 Å². The predicted molar refractivity (Wildman–Crippen MR) is 101 cm³/mol. The molecule has 0 radical (unpaired) electrons. The summed E-state index contributed by atoms with van der Waals surface area (Å²) in [5.74, 6) is -0.553. The number of carbonyl (C=O) groups excluding carboxylic acids is 1. The summed E-state index contributed by atoms with van der Waals surface area (Å²) in [6.45, 7) is 0.369. The SMILES string of the molecule is O=C(NCc1ccncc1)C(NCc1cccnc1)c1ccccc1C(F)(F)F. The van der Waals surface area contributed by atoms with E-state index in [0.717, 1.165) is 17.2 Å². The lowest BCUT2D eigenvalue weighted by molar-refractivity contribution is -0.138. The van der Waals surface area contributed by atoms with E-state index < -0.39 is 23.7 Å². The van der Waals surface area contributed by atoms with Gasteiger partial charge in [-0.1, -0.05) is 24.3 Å². The molecule has 29 heavy (non-hydrogen) atoms. The molecule has 3 aromatic rings. The van der Waals surface area contributed by atoms with Gasteiger partial charge in [-0.2, -0.15) is 13.2 Å². The molecule has 1 atom stereocenters. The Labute approximate surface area is 166 Å². The monoisotopic (exact) mass is 400 g/mol. The number of aromatic nitrogens is 2. The number of benzene rings is 1. The van der Waals surface area contributed by atoms with Crippen LogP contribution in [0, 0.1) is 0 Å². The van der Waals surface area contributed by atoms with E-state index in [2.05, 4.69) is 20.6 Å². The Bertz CT molecular complexity index is 933. The second kappa shape index (κ2) is 9.29. The minimum atomic E-state index is -4.57. The second-order valence-corrected chi connectivity index (χ2v) is 6.33. The third kappa shape index (κ3) is 5.61. The van der Waals surface area contributed by atoms with Gasteiger partial charge in [0, 0.05) is 37.9 Å². The molecule has 8 heteroatoms. The normalized spacial score (nSPS) is 12.4. The number of carbonyl (C=O) groups is 1. The summed E-state index contributed by atoms with van der Waals surface area (Å²) in [7, 11) is 0. The second-order valence-electron chi connectivity index (χ2n) is 6.33. The molecular weight excluding hydrogens is 381 g/mol. The van der Waals surface area contributed by atoms with E-state index in [-0.39, 0.29) is 18.7 Å². The first-order valence-electron chi connectivity index (χ1n) is 8.90. The van der Waals surface area contributed by atoms with Gasteiger partial charge >= 0.3 is 6.18 Å². The summed E-state index contributed by atoms with van der Waals surface area (Å²) >= 11 is 0. The molecule has 0 saturated heterocycles. The summed E-state index contributed by atoms with van der Waals surface area (Å²) in [5, 5.41) is 5.64. The van der Waals surface area contributed by atoms with Crippen molar-refractivity contribution >= 4 is 5.91 Å². The zero-order chi connectivity index (χ0) is 20.7. The molecule has 1 amide bonds. The average Bonchev–Trinajstić information content (AvgIpc) is 2.73. The van der Waals surface area contributed by atoms with E-state index in [4.69, 9.17) is 0 Å². The Morgan fingerprint density at radius 1 is 0.897 bits per heavy atom. The Morgan fingerprint density at radius 2 is 1.66 bits per heavy atom. The Hall–Kier alpha value is -3.26. The van der Waals surface area contributed by atoms with E-state index in [1.54, 1.807) is 49.1 Å². The summed E-state index contributed by atoms with van der Waals surface area (Å²) in [6.07, 6.45) is 1.78. The first kappa shape index (κ1) is 20.5. The van der Waals surface area contributed by atoms with Crippen LogP contribution in [-0.2, 0) is 24.1 Å². The van der Waals surface area contributed by atoms with Crippen molar-refractivity contribution in [2.75, 3.05) is 0 Å². The lowest BCUT2D eigenvalue weighted by Crippen LogP contribution is -2.38. The molecule has 3 rings (SSSR count). The molecule has 150 valence electrons. The number of pyridine rings is 2. The highest BCUT2D eigenvalue weighted by Gasteiger charge is 2.36. The highest BCUT2D eigenvalue weighted by atomic mass is 19.4. The van der Waals surface area contributed by atoms with E-state index in [9.17, 15) is 18.0 Å². The molecule has 0 aliphatic heterocycles. The first-order valence-corrected chi connectivity index (χ1v) is 8.90. The third-order valence-corrected chi connectivity index (χ3v) is 4.29. The van der Waals surface area contributed by atoms with Crippen LogP contribution in [0.15, 0.2) is 73.3 Å². The molecule has 5 nitrogen and oxygen atoms in total. The van der Waals surface area contributed by atoms with Crippen molar-refractivity contribution in [3.8, 4) is 0 Å². The molecule has 0 aliphatic carbocycles. The van der Waals surface area contributed by atoms with Crippen molar-refractivity contribution in [2.24, 2.45) is 0 Å². The number of halogens is 3. The summed E-state index contributed by atoms with van der Waals surface area (Å²) in [5.41, 5.74) is 0.575. The van der Waals surface area contributed by atoms with E-state index in [0.29, 0.717) is 0 Å². The van der Waals surface area contributed by atoms with E-state index >= 15 is 0 Å². The highest BCUT2D eigenvalue weighted by molar-refractivity contribution is 5.83. The van der Waals surface area contributed by atoms with Gasteiger partial charge in [0.05, 0.1) is 5.56 Å². The largest absolute Gasteiger partial charge is 0.416 e. The number of nitrogens with zero attached hydrogens (tertiary/aromatic N) is 2. The van der Waals surface area contributed by atoms with Gasteiger partial charge in [0.2, 0.25) is 5.91 Å². The minimum Gasteiger partial charge on any atom is -0.350 e. The standard InChI is InChI=1S/C21H19F3N4O/c22-21(23,24)18-6-2-1-5-17(18)19(27-14-16-4-3-9-26-12-16)20(29)28-13-15-7-10-25-11-8-15/h1-12,19,27H,13-14H2,(H,28,29). The van der Waals surface area contributed by atoms with Crippen LogP contribution in [0.4, 0.5) is 13.2 Å². The maximum absolute atomic E-state index is 13.5. The van der Waals surface area contributed by atoms with Crippen LogP contribution < -0.4 is 10.6 Å². The van der Waals surface area contributed by atoms with Gasteiger partial charge in [0.25, 0.3) is 0 Å². The van der Waals surface area contributed by atoms with Crippen molar-refractivity contribution < 1.29 is 18.0 Å². The van der Waals surface area contributed by atoms with Crippen LogP contribution in [-0.4, -0.2) is 15.9 Å². The minimum absolute atomic E-state index is 0.129. The summed E-state index contributed by atoms with van der Waals surface area (Å²) < 4.78 is 40.5. The number of hydrogen-bond donors (Lipinski definition) is 2. The van der Waals surface area contributed by atoms with Gasteiger partial charge in [0.1, 0.15) is 6.04 Å². The van der Waals surface area contributed by atoms with Crippen molar-refractivity contribution in [1.82, 2.24) is 20.6 Å². The predicted octanol–water partition coefficient (Wildman–Crippen LogP) is 3.64. The fourth-order valence-electron chi connectivity index (χ4n) is 2.87. The van der Waals surface area contributed by atoms with Crippen LogP contribution >= 0.6 is 0 Å². The van der Waals surface area contributed by atoms with Crippen LogP contribution in [0.3, 0.4) is 0 Å². The van der Waals surface area contributed by atoms with Gasteiger partial charge in [-0.3, -0.25) is 20.1 Å². The topological polar surface area (TPSA) is 66.9 Å². The van der Waals surface area contributed by atoms with Gasteiger partial charge in [-0.15, -0.1) is 0 Å². The van der Waals surface area contributed by atoms with Gasteiger partial charge in [-0.05, 0) is 41.0 Å². The first-order chi connectivity index (χ1) is 13.9. The van der Waals surface area contributed by atoms with Crippen LogP contribution in [0.25, 0.3) is 0 Å². The number of hydrogen-bond acceptors (Lipinski definition) is 4. The van der Waals surface area contributed by atoms with E-state index in [1.165, 1.54) is 18.2 Å². The zero-order valence-electron chi connectivity index (χ0n) is 15.4. The Morgan fingerprint density at radius 3 is 2.34 bits per heavy atom. The number of rotatable bonds is 7. The number of amides is 1. The fourth-order valence-corrected chi connectivity index (χ4v) is 2.87. The smallest absolute Gasteiger partial charge is 0.350 e. The maximum Gasteiger partial charge on any atom is 0.416 e. The van der Waals surface area contributed by atoms with Crippen molar-refractivity contribution in [2.45, 2.75) is 25.3 Å². The van der Waals surface area contributed by atoms with Gasteiger partial charge in [-0.25, -0.2) is 0 Å². The summed E-state index contributed by atoms with van der Waals surface area (Å²) in [4.78, 5) is 20.7. The fraction of sp³-hybridized carbons (Fsp3) is 0.190. The molecule has 2 heterocycles.